The minimum absolute atomic E-state index is 0.0316. The molecule has 5 aromatic carbocycles. The van der Waals surface area contributed by atoms with Crippen LogP contribution in [-0.2, 0) is 41.4 Å². The summed E-state index contributed by atoms with van der Waals surface area (Å²) >= 11 is 0. The number of carboxylic acids is 2. The minimum atomic E-state index is -5.43. The summed E-state index contributed by atoms with van der Waals surface area (Å²) in [5.41, 5.74) is 2.54. The summed E-state index contributed by atoms with van der Waals surface area (Å²) < 4.78 is 63.7. The zero-order valence-electron chi connectivity index (χ0n) is 64.8. The fourth-order valence-electron chi connectivity index (χ4n) is 13.5. The van der Waals surface area contributed by atoms with E-state index in [-0.39, 0.29) is 101 Å². The average Bonchev–Trinajstić information content (AvgIpc) is 0.990. The molecule has 0 saturated carbocycles. The molecule has 11 N–H and O–H groups in total. The number of rotatable bonds is 37. The Morgan fingerprint density at radius 1 is 0.571 bits per heavy atom. The van der Waals surface area contributed by atoms with Crippen LogP contribution >= 0.6 is 24.5 Å². The first-order valence-corrected chi connectivity index (χ1v) is 41.7. The van der Waals surface area contributed by atoms with Crippen molar-refractivity contribution < 1.29 is 130 Å². The van der Waals surface area contributed by atoms with Crippen molar-refractivity contribution in [3.8, 4) is 51.1 Å². The van der Waals surface area contributed by atoms with Crippen LogP contribution in [0.3, 0.4) is 0 Å². The molecule has 632 valence electrons. The molecule has 2 saturated heterocycles. The number of hydrogen-bond acceptors (Lipinski definition) is 31. The second-order valence-corrected chi connectivity index (χ2v) is 32.8. The Balaban J connectivity index is 0.629. The van der Waals surface area contributed by atoms with Gasteiger partial charge in [0.15, 0.2) is 5.43 Å². The summed E-state index contributed by atoms with van der Waals surface area (Å²) in [5, 5.41) is 86.1. The van der Waals surface area contributed by atoms with Gasteiger partial charge >= 0.3 is 59.0 Å². The number of aliphatic hydroxyl groups excluding tert-OH is 3. The second kappa shape index (κ2) is 37.6. The number of unbranched alkanes of at least 4 members (excludes halogenated alkanes) is 3. The van der Waals surface area contributed by atoms with Crippen LogP contribution < -0.4 is 41.3 Å². The van der Waals surface area contributed by atoms with Crippen molar-refractivity contribution in [1.82, 2.24) is 19.1 Å². The number of ether oxygens (including phenoxy) is 3. The van der Waals surface area contributed by atoms with Crippen molar-refractivity contribution >= 4 is 92.5 Å². The van der Waals surface area contributed by atoms with Gasteiger partial charge in [0.25, 0.3) is 0 Å². The maximum atomic E-state index is 14.0. The van der Waals surface area contributed by atoms with Crippen molar-refractivity contribution in [2.45, 2.75) is 102 Å². The molecular formula is C78H86N8O30P3+. The lowest BCUT2D eigenvalue weighted by Crippen LogP contribution is -2.36. The molecule has 10 atom stereocenters. The van der Waals surface area contributed by atoms with Gasteiger partial charge in [-0.3, -0.25) is 23.9 Å². The zero-order valence-corrected chi connectivity index (χ0v) is 67.5. The molecule has 12 rings (SSSR count). The lowest BCUT2D eigenvalue weighted by molar-refractivity contribution is -0.255. The molecule has 1 aliphatic carbocycles. The van der Waals surface area contributed by atoms with Gasteiger partial charge < -0.3 is 84.0 Å². The maximum Gasteiger partial charge on any atom is 0.377 e. The highest BCUT2D eigenvalue weighted by Gasteiger charge is 2.50. The highest BCUT2D eigenvalue weighted by Crippen LogP contribution is 2.56. The van der Waals surface area contributed by atoms with Crippen LogP contribution in [0.2, 0.25) is 0 Å². The van der Waals surface area contributed by atoms with Gasteiger partial charge in [0.05, 0.1) is 47.2 Å². The number of aliphatic hydroxyl groups is 3. The van der Waals surface area contributed by atoms with E-state index in [0.29, 0.717) is 68.8 Å². The Bertz CT molecular complexity index is 5560. The molecule has 38 nitrogen and oxygen atoms in total. The predicted molar refractivity (Wildman–Crippen MR) is 428 cm³/mol. The molecular weight excluding hydrogens is 1620 g/mol. The number of phosphoric acid groups is 3. The van der Waals surface area contributed by atoms with Gasteiger partial charge in [-0.25, -0.2) is 23.6 Å². The van der Waals surface area contributed by atoms with Crippen LogP contribution in [0.4, 0.5) is 11.4 Å². The number of nitrogens with zero attached hydrogens (tertiary/aromatic N) is 8. The molecule has 0 bridgehead atoms. The first kappa shape index (κ1) is 88.0. The van der Waals surface area contributed by atoms with Crippen molar-refractivity contribution in [2.75, 3.05) is 90.7 Å². The molecule has 2 fully saturated rings. The predicted octanol–water partition coefficient (Wildman–Crippen LogP) is 7.33. The molecule has 3 aliphatic heterocycles. The van der Waals surface area contributed by atoms with E-state index in [4.69, 9.17) is 50.2 Å². The topological polar surface area (TPSA) is 551 Å². The number of benzene rings is 6. The first-order chi connectivity index (χ1) is 56.5. The highest BCUT2D eigenvalue weighted by molar-refractivity contribution is 7.53. The van der Waals surface area contributed by atoms with Gasteiger partial charge in [-0.1, -0.05) is 18.9 Å². The Morgan fingerprint density at radius 3 is 1.68 bits per heavy atom. The number of aliphatic imine (C=N–C) groups is 2. The van der Waals surface area contributed by atoms with Crippen LogP contribution in [-0.4, -0.2) is 210 Å². The fourth-order valence-corrected chi connectivity index (χ4v) is 16.2. The summed E-state index contributed by atoms with van der Waals surface area (Å²) in [4.78, 5) is 158. The minimum Gasteiger partial charge on any atom is -0.606 e. The number of anilines is 2. The molecule has 119 heavy (non-hydrogen) atoms. The highest BCUT2D eigenvalue weighted by atomic mass is 31.2. The molecule has 4 unspecified atom stereocenters. The van der Waals surface area contributed by atoms with E-state index in [1.54, 1.807) is 12.1 Å². The fraction of sp³-hybridized carbons (Fsp3) is 0.359. The normalized spacial score (nSPS) is 19.0. The smallest absolute Gasteiger partial charge is 0.377 e. The third-order valence-electron chi connectivity index (χ3n) is 19.5. The number of phosphoric ester groups is 3. The van der Waals surface area contributed by atoms with Crippen LogP contribution in [0, 0.1) is 13.8 Å². The summed E-state index contributed by atoms with van der Waals surface area (Å²) in [7, 11) is -8.11. The molecule has 0 amide bonds. The summed E-state index contributed by atoms with van der Waals surface area (Å²) in [6, 6.07) is 28.1. The standard InChI is InChI=1S/C78H85N8O30P3/c1-42-36-85(77(98)81-71(42)90)67-34-63(65(113-67)40-109-117(100,101)107-27-10-8-7-9-24-79-73(92)44-13-19-52(75(94)95)57(28-44)70-55-22-16-48(87)32-61(55)112-62-33-49(88)17-23-56(62)70)116-119(104,105)110-41-66-64(35-68(114-66)86-37-43(2)72(91)82-78(86)99)115-118(102,103)108-39-50(89)38-106-26-11-25-80-74(93)45-12-18-51(58(29-45)76(96)97)69-53-20-14-46(83(3)4)30-59(53)111-60-31-47(84(5)6)15-21-54(60)69/h12-23,28-33,36-37,50,63-68,89H,7-11,24-27,34-35,38-41H2,1-6H3,(H9-,79,80,81,82,87,88,90,91,92,93,94,95,96,97,98,99,100,101,102,103,104,105)/p+1/t50?,63-,64-,65+,66+,67+,68+/m0/s1. The largest absolute Gasteiger partial charge is 0.606 e. The average molecular weight is 1710 g/mol. The first-order valence-electron chi connectivity index (χ1n) is 37.2. The van der Waals surface area contributed by atoms with Crippen LogP contribution in [0.25, 0.3) is 66.5 Å². The van der Waals surface area contributed by atoms with Crippen molar-refractivity contribution in [3.63, 3.8) is 0 Å². The molecule has 8 aromatic rings. The third kappa shape index (κ3) is 21.5. The lowest BCUT2D eigenvalue weighted by Gasteiger charge is -2.28. The molecule has 0 radical (unpaired) electrons. The Morgan fingerprint density at radius 2 is 1.10 bits per heavy atom. The SMILES string of the molecule is Cc1cn([C@H]2C[C@H](O[P+]([O-])(O)OC[C@H]3O[C@@H](n4cc(C)c(O)nc4=O)C[C@@H]3O[P+]([O-])(O)OCC(O)COCCCN=C(O)c3ccc(-c4c5ccc(N(C)C)cc5[o+]c5cc(N(C)C)ccc45)c(C(=O)O)c3)[C@@H](CO[P+]([O-])(O)OCCCCCCN=C(O)c3ccc(C(=O)O)c(-c4c5ccc(=O)cc-5oc5cc(O)ccc45)c3)O2)c(=O)nc1O. The quantitative estimate of drug-likeness (QED) is 0.00453. The van der Waals surface area contributed by atoms with Gasteiger partial charge in [-0.05, 0) is 123 Å². The maximum absolute atomic E-state index is 14.0. The van der Waals surface area contributed by atoms with Gasteiger partial charge in [0.2, 0.25) is 23.6 Å². The van der Waals surface area contributed by atoms with E-state index in [2.05, 4.69) is 20.0 Å². The number of aryl methyl sites for hydroxylation is 2. The Kier molecular flexibility index (Phi) is 27.8. The molecule has 4 aliphatic rings. The number of phenolic OH excluding ortho intramolecular Hbond substituents is 1. The summed E-state index contributed by atoms with van der Waals surface area (Å²) in [6.45, 7) is -0.752. The van der Waals surface area contributed by atoms with Crippen molar-refractivity contribution in [1.29, 1.82) is 0 Å². The Hall–Kier alpha value is -10.3. The van der Waals surface area contributed by atoms with Gasteiger partial charge in [0, 0.05) is 141 Å². The van der Waals surface area contributed by atoms with Crippen molar-refractivity contribution in [3.05, 3.63) is 186 Å². The number of fused-ring (bicyclic) bond motifs is 4. The van der Waals surface area contributed by atoms with E-state index in [0.717, 1.165) is 32.9 Å². The number of aromatic carboxylic acids is 2. The summed E-state index contributed by atoms with van der Waals surface area (Å²) in [5.74, 6) is -4.68. The van der Waals surface area contributed by atoms with Crippen LogP contribution in [0.1, 0.15) is 100 Å². The molecule has 41 heteroatoms. The molecule has 3 aromatic heterocycles. The lowest BCUT2D eigenvalue weighted by atomic mass is 9.89. The molecule has 0 spiro atoms. The van der Waals surface area contributed by atoms with E-state index >= 15 is 0 Å². The van der Waals surface area contributed by atoms with E-state index in [9.17, 15) is 94.2 Å². The Labute approximate surface area is 678 Å². The van der Waals surface area contributed by atoms with Crippen LogP contribution in [0.15, 0.2) is 155 Å². The molecule has 6 heterocycles. The monoisotopic (exact) mass is 1710 g/mol. The van der Waals surface area contributed by atoms with Gasteiger partial charge in [-0.15, -0.1) is 0 Å². The van der Waals surface area contributed by atoms with E-state index in [1.165, 1.54) is 74.5 Å². The zero-order chi connectivity index (χ0) is 85.5. The number of hydrogen-bond donors (Lipinski definition) is 11. The van der Waals surface area contributed by atoms with E-state index < -0.39 is 154 Å². The number of carbonyl (C=O) groups is 2. The van der Waals surface area contributed by atoms with Gasteiger partial charge in [-0.2, -0.15) is 51.8 Å². The number of aromatic nitrogens is 4. The second-order valence-electron chi connectivity index (χ2n) is 28.5. The number of carboxylic acid groups (broad SMARTS) is 2. The van der Waals surface area contributed by atoms with Crippen molar-refractivity contribution in [2.24, 2.45) is 9.98 Å². The van der Waals surface area contributed by atoms with E-state index in [1.807, 2.05) is 74.4 Å². The number of phenols is 1. The summed E-state index contributed by atoms with van der Waals surface area (Å²) in [6.07, 6.45) is -7.79. The van der Waals surface area contributed by atoms with Gasteiger partial charge in [0.1, 0.15) is 79.9 Å². The third-order valence-corrected chi connectivity index (χ3v) is 22.5. The van der Waals surface area contributed by atoms with Crippen LogP contribution in [0.5, 0.6) is 17.5 Å². The number of aromatic hydroxyl groups is 3.